The zero-order chi connectivity index (χ0) is 19.6. The molecule has 164 valence electrons. The number of aliphatic hydroxyl groups excluding tert-OH is 1. The standard InChI is InChI=1S/C19H24N6O3.2ClH/c1-27-18-13-15(14-21-10-9-20-11-12-26)7-8-17(18)28-19-22-23-24-25(19)16-5-3-2-4-6-16;;/h2-8,13,20-21,26H,9-12,14H2,1H3;2*1H. The molecule has 0 fully saturated rings. The highest BCUT2D eigenvalue weighted by atomic mass is 35.5. The molecule has 30 heavy (non-hydrogen) atoms. The van der Waals surface area contributed by atoms with Gasteiger partial charge in [-0.25, -0.2) is 0 Å². The molecule has 0 aliphatic rings. The van der Waals surface area contributed by atoms with Gasteiger partial charge in [-0.05, 0) is 40.3 Å². The van der Waals surface area contributed by atoms with Gasteiger partial charge in [-0.2, -0.15) is 4.68 Å². The van der Waals surface area contributed by atoms with Crippen LogP contribution in [-0.4, -0.2) is 58.7 Å². The number of nitrogens with one attached hydrogen (secondary N) is 2. The minimum Gasteiger partial charge on any atom is -0.493 e. The van der Waals surface area contributed by atoms with Crippen LogP contribution in [0.1, 0.15) is 5.56 Å². The van der Waals surface area contributed by atoms with Gasteiger partial charge in [0.1, 0.15) is 0 Å². The normalized spacial score (nSPS) is 10.1. The second kappa shape index (κ2) is 13.7. The second-order valence-corrected chi connectivity index (χ2v) is 5.95. The highest BCUT2D eigenvalue weighted by Crippen LogP contribution is 2.32. The Bertz CT molecular complexity index is 866. The van der Waals surface area contributed by atoms with E-state index in [9.17, 15) is 0 Å². The van der Waals surface area contributed by atoms with Crippen molar-refractivity contribution in [2.24, 2.45) is 0 Å². The molecule has 0 atom stereocenters. The number of rotatable bonds is 11. The monoisotopic (exact) mass is 456 g/mol. The van der Waals surface area contributed by atoms with Crippen molar-refractivity contribution in [2.45, 2.75) is 6.54 Å². The van der Waals surface area contributed by atoms with Crippen molar-refractivity contribution in [1.82, 2.24) is 30.8 Å². The van der Waals surface area contributed by atoms with Crippen molar-refractivity contribution in [2.75, 3.05) is 33.4 Å². The van der Waals surface area contributed by atoms with Crippen molar-refractivity contribution < 1.29 is 14.6 Å². The molecule has 0 spiro atoms. The third-order valence-electron chi connectivity index (χ3n) is 3.97. The van der Waals surface area contributed by atoms with Crippen LogP contribution in [0.5, 0.6) is 17.5 Å². The molecular formula is C19H26Cl2N6O3. The summed E-state index contributed by atoms with van der Waals surface area (Å²) in [7, 11) is 1.60. The molecule has 0 radical (unpaired) electrons. The van der Waals surface area contributed by atoms with E-state index in [-0.39, 0.29) is 37.4 Å². The number of tetrazole rings is 1. The lowest BCUT2D eigenvalue weighted by Gasteiger charge is -2.12. The third-order valence-corrected chi connectivity index (χ3v) is 3.97. The van der Waals surface area contributed by atoms with E-state index in [1.54, 1.807) is 7.11 Å². The van der Waals surface area contributed by atoms with E-state index in [0.29, 0.717) is 24.6 Å². The van der Waals surface area contributed by atoms with Crippen LogP contribution < -0.4 is 20.1 Å². The molecule has 3 aromatic rings. The minimum absolute atomic E-state index is 0. The van der Waals surface area contributed by atoms with Gasteiger partial charge in [0.25, 0.3) is 0 Å². The van der Waals surface area contributed by atoms with Gasteiger partial charge in [-0.1, -0.05) is 29.4 Å². The molecular weight excluding hydrogens is 431 g/mol. The van der Waals surface area contributed by atoms with Crippen molar-refractivity contribution >= 4 is 24.8 Å². The Morgan fingerprint density at radius 2 is 1.73 bits per heavy atom. The lowest BCUT2D eigenvalue weighted by molar-refractivity contribution is 0.292. The number of aromatic nitrogens is 4. The van der Waals surface area contributed by atoms with Gasteiger partial charge in [0.2, 0.25) is 0 Å². The first-order valence-electron chi connectivity index (χ1n) is 9.02. The predicted molar refractivity (Wildman–Crippen MR) is 118 cm³/mol. The Labute approximate surface area is 187 Å². The summed E-state index contributed by atoms with van der Waals surface area (Å²) in [4.78, 5) is 0. The number of ether oxygens (including phenoxy) is 2. The van der Waals surface area contributed by atoms with Crippen LogP contribution in [0.3, 0.4) is 0 Å². The van der Waals surface area contributed by atoms with Crippen molar-refractivity contribution in [3.8, 4) is 23.2 Å². The van der Waals surface area contributed by atoms with Crippen molar-refractivity contribution in [3.05, 3.63) is 54.1 Å². The molecule has 0 saturated heterocycles. The number of nitrogens with zero attached hydrogens (tertiary/aromatic N) is 4. The SMILES string of the molecule is COc1cc(CNCCNCCO)ccc1Oc1nnnn1-c1ccccc1.Cl.Cl. The average molecular weight is 457 g/mol. The molecule has 3 rings (SSSR count). The fourth-order valence-corrected chi connectivity index (χ4v) is 2.59. The van der Waals surface area contributed by atoms with E-state index < -0.39 is 0 Å². The molecule has 0 aliphatic carbocycles. The molecule has 9 nitrogen and oxygen atoms in total. The first-order valence-corrected chi connectivity index (χ1v) is 9.02. The Morgan fingerprint density at radius 1 is 0.967 bits per heavy atom. The van der Waals surface area contributed by atoms with E-state index in [0.717, 1.165) is 24.3 Å². The molecule has 0 bridgehead atoms. The van der Waals surface area contributed by atoms with Gasteiger partial charge in [0, 0.05) is 26.2 Å². The number of aliphatic hydroxyl groups is 1. The first-order chi connectivity index (χ1) is 13.8. The Morgan fingerprint density at radius 3 is 2.47 bits per heavy atom. The largest absolute Gasteiger partial charge is 0.493 e. The smallest absolute Gasteiger partial charge is 0.346 e. The van der Waals surface area contributed by atoms with Crippen LogP contribution in [0.25, 0.3) is 5.69 Å². The van der Waals surface area contributed by atoms with Gasteiger partial charge in [-0.3, -0.25) is 0 Å². The first kappa shape index (κ1) is 25.6. The second-order valence-electron chi connectivity index (χ2n) is 5.95. The minimum atomic E-state index is 0. The topological polar surface area (TPSA) is 106 Å². The van der Waals surface area contributed by atoms with Crippen LogP contribution >= 0.6 is 24.8 Å². The summed E-state index contributed by atoms with van der Waals surface area (Å²) in [6.45, 7) is 3.03. The van der Waals surface area contributed by atoms with Crippen molar-refractivity contribution in [1.29, 1.82) is 0 Å². The maximum absolute atomic E-state index is 8.74. The van der Waals surface area contributed by atoms with Crippen LogP contribution in [0.2, 0.25) is 0 Å². The predicted octanol–water partition coefficient (Wildman–Crippen LogP) is 1.98. The summed E-state index contributed by atoms with van der Waals surface area (Å²) in [5, 5.41) is 26.8. The van der Waals surface area contributed by atoms with Crippen LogP contribution in [-0.2, 0) is 6.54 Å². The fourth-order valence-electron chi connectivity index (χ4n) is 2.59. The summed E-state index contributed by atoms with van der Waals surface area (Å²) in [5.41, 5.74) is 1.87. The Kier molecular flexibility index (Phi) is 11.7. The molecule has 0 saturated carbocycles. The van der Waals surface area contributed by atoms with E-state index in [2.05, 4.69) is 26.2 Å². The lowest BCUT2D eigenvalue weighted by Crippen LogP contribution is -2.28. The Balaban J connectivity index is 0.00000225. The summed E-state index contributed by atoms with van der Waals surface area (Å²) >= 11 is 0. The molecule has 1 aromatic heterocycles. The van der Waals surface area contributed by atoms with Crippen LogP contribution in [0.4, 0.5) is 0 Å². The maximum Gasteiger partial charge on any atom is 0.346 e. The fraction of sp³-hybridized carbons (Fsp3) is 0.316. The zero-order valence-corrected chi connectivity index (χ0v) is 18.2. The maximum atomic E-state index is 8.74. The number of benzene rings is 2. The van der Waals surface area contributed by atoms with Gasteiger partial charge < -0.3 is 25.2 Å². The summed E-state index contributed by atoms with van der Waals surface area (Å²) in [6, 6.07) is 15.5. The molecule has 2 aromatic carbocycles. The quantitative estimate of drug-likeness (QED) is 0.376. The van der Waals surface area contributed by atoms with E-state index in [1.807, 2.05) is 48.5 Å². The van der Waals surface area contributed by atoms with Crippen molar-refractivity contribution in [3.63, 3.8) is 0 Å². The highest BCUT2D eigenvalue weighted by molar-refractivity contribution is 5.85. The highest BCUT2D eigenvalue weighted by Gasteiger charge is 2.14. The Hall–Kier alpha value is -2.43. The summed E-state index contributed by atoms with van der Waals surface area (Å²) in [5.74, 6) is 1.13. The van der Waals surface area contributed by atoms with E-state index in [4.69, 9.17) is 14.6 Å². The van der Waals surface area contributed by atoms with Gasteiger partial charge in [0.15, 0.2) is 11.5 Å². The number of methoxy groups -OCH3 is 1. The number of hydrogen-bond acceptors (Lipinski definition) is 8. The average Bonchev–Trinajstić information content (AvgIpc) is 3.20. The molecule has 0 amide bonds. The van der Waals surface area contributed by atoms with Gasteiger partial charge >= 0.3 is 6.01 Å². The third kappa shape index (κ3) is 7.12. The summed E-state index contributed by atoms with van der Waals surface area (Å²) in [6.07, 6.45) is 0. The molecule has 1 heterocycles. The summed E-state index contributed by atoms with van der Waals surface area (Å²) < 4.78 is 12.9. The zero-order valence-electron chi connectivity index (χ0n) is 16.5. The number of hydrogen-bond donors (Lipinski definition) is 3. The number of para-hydroxylation sites is 1. The van der Waals surface area contributed by atoms with E-state index in [1.165, 1.54) is 4.68 Å². The molecule has 0 unspecified atom stereocenters. The van der Waals surface area contributed by atoms with Gasteiger partial charge in [0.05, 0.1) is 19.4 Å². The molecule has 11 heteroatoms. The van der Waals surface area contributed by atoms with Crippen LogP contribution in [0, 0.1) is 0 Å². The lowest BCUT2D eigenvalue weighted by atomic mass is 10.2. The number of halogens is 2. The molecule has 0 aliphatic heterocycles. The van der Waals surface area contributed by atoms with Crippen LogP contribution in [0.15, 0.2) is 48.5 Å². The molecule has 3 N–H and O–H groups in total. The van der Waals surface area contributed by atoms with Gasteiger partial charge in [-0.15, -0.1) is 24.8 Å². The van der Waals surface area contributed by atoms with E-state index >= 15 is 0 Å².